The van der Waals surface area contributed by atoms with Gasteiger partial charge in [0.25, 0.3) is 0 Å². The summed E-state index contributed by atoms with van der Waals surface area (Å²) in [6.07, 6.45) is 6.22. The van der Waals surface area contributed by atoms with E-state index in [1.165, 1.54) is 0 Å². The van der Waals surface area contributed by atoms with Gasteiger partial charge in [0.1, 0.15) is 0 Å². The third-order valence-corrected chi connectivity index (χ3v) is 4.27. The van der Waals surface area contributed by atoms with Crippen molar-refractivity contribution in [3.63, 3.8) is 0 Å². The number of benzene rings is 1. The highest BCUT2D eigenvalue weighted by atomic mass is 35.5. The third-order valence-electron chi connectivity index (χ3n) is 4.27. The number of likely N-dealkylation sites (tertiary alicyclic amines) is 1. The van der Waals surface area contributed by atoms with E-state index in [2.05, 4.69) is 10.4 Å². The zero-order chi connectivity index (χ0) is 15.4. The Morgan fingerprint density at radius 2 is 1.96 bits per heavy atom. The first-order chi connectivity index (χ1) is 10.8. The van der Waals surface area contributed by atoms with Crippen molar-refractivity contribution in [2.45, 2.75) is 25.3 Å². The second kappa shape index (κ2) is 8.13. The van der Waals surface area contributed by atoms with Gasteiger partial charge in [-0.2, -0.15) is 5.10 Å². The molecule has 1 aliphatic heterocycles. The van der Waals surface area contributed by atoms with E-state index in [1.54, 1.807) is 6.20 Å². The smallest absolute Gasteiger partial charge is 0.227 e. The predicted octanol–water partition coefficient (Wildman–Crippen LogP) is 2.05. The molecule has 0 atom stereocenters. The summed E-state index contributed by atoms with van der Waals surface area (Å²) in [5, 5.41) is 7.63. The lowest BCUT2D eigenvalue weighted by Gasteiger charge is -2.31. The standard InChI is InChI=1S/C17H22N4O.ClH/c1-18-15-7-9-20(10-8-15)17(22)11-14-12-19-21(13-14)16-5-3-2-4-6-16;/h2-6,12-13,15,18H,7-11H2,1H3;1H. The van der Waals surface area contributed by atoms with E-state index in [4.69, 9.17) is 0 Å². The first-order valence-electron chi connectivity index (χ1n) is 7.80. The summed E-state index contributed by atoms with van der Waals surface area (Å²) >= 11 is 0. The van der Waals surface area contributed by atoms with Gasteiger partial charge in [-0.15, -0.1) is 12.4 Å². The molecule has 1 aromatic heterocycles. The van der Waals surface area contributed by atoms with Crippen molar-refractivity contribution in [2.75, 3.05) is 20.1 Å². The number of nitrogens with zero attached hydrogens (tertiary/aromatic N) is 3. The number of para-hydroxylation sites is 1. The Morgan fingerprint density at radius 1 is 1.26 bits per heavy atom. The number of carbonyl (C=O) groups is 1. The van der Waals surface area contributed by atoms with Crippen molar-refractivity contribution in [3.8, 4) is 5.69 Å². The molecule has 1 amide bonds. The zero-order valence-corrected chi connectivity index (χ0v) is 14.1. The normalized spacial score (nSPS) is 15.3. The molecule has 0 aliphatic carbocycles. The summed E-state index contributed by atoms with van der Waals surface area (Å²) in [5.74, 6) is 0.196. The van der Waals surface area contributed by atoms with Crippen LogP contribution in [0, 0.1) is 0 Å². The number of nitrogens with one attached hydrogen (secondary N) is 1. The Morgan fingerprint density at radius 3 is 2.61 bits per heavy atom. The molecule has 6 heteroatoms. The molecule has 1 fully saturated rings. The Kier molecular flexibility index (Phi) is 6.19. The lowest BCUT2D eigenvalue weighted by atomic mass is 10.0. The number of piperidine rings is 1. The van der Waals surface area contributed by atoms with Crippen LogP contribution < -0.4 is 5.32 Å². The van der Waals surface area contributed by atoms with Crippen LogP contribution in [-0.4, -0.2) is 46.8 Å². The van der Waals surface area contributed by atoms with Gasteiger partial charge in [0.05, 0.1) is 18.3 Å². The fraction of sp³-hybridized carbons (Fsp3) is 0.412. The highest BCUT2D eigenvalue weighted by Gasteiger charge is 2.22. The van der Waals surface area contributed by atoms with Crippen molar-refractivity contribution in [3.05, 3.63) is 48.3 Å². The Labute approximate surface area is 143 Å². The number of halogens is 1. The van der Waals surface area contributed by atoms with Crippen LogP contribution in [0.4, 0.5) is 0 Å². The summed E-state index contributed by atoms with van der Waals surface area (Å²) in [6.45, 7) is 1.69. The minimum atomic E-state index is 0. The lowest BCUT2D eigenvalue weighted by Crippen LogP contribution is -2.44. The number of hydrogen-bond donors (Lipinski definition) is 1. The topological polar surface area (TPSA) is 50.2 Å². The van der Waals surface area contributed by atoms with E-state index in [9.17, 15) is 4.79 Å². The van der Waals surface area contributed by atoms with Gasteiger partial charge in [0, 0.05) is 25.3 Å². The van der Waals surface area contributed by atoms with Gasteiger partial charge in [-0.05, 0) is 37.6 Å². The van der Waals surface area contributed by atoms with Crippen LogP contribution in [0.5, 0.6) is 0 Å². The molecule has 124 valence electrons. The number of rotatable bonds is 4. The van der Waals surface area contributed by atoms with Crippen molar-refractivity contribution < 1.29 is 4.79 Å². The van der Waals surface area contributed by atoms with Crippen LogP contribution in [0.1, 0.15) is 18.4 Å². The van der Waals surface area contributed by atoms with Gasteiger partial charge in [-0.3, -0.25) is 4.79 Å². The number of carbonyl (C=O) groups excluding carboxylic acids is 1. The van der Waals surface area contributed by atoms with E-state index in [-0.39, 0.29) is 18.3 Å². The van der Waals surface area contributed by atoms with Crippen LogP contribution in [0.25, 0.3) is 5.69 Å². The fourth-order valence-electron chi connectivity index (χ4n) is 2.88. The molecule has 2 heterocycles. The molecule has 1 saturated heterocycles. The molecule has 5 nitrogen and oxygen atoms in total. The molecule has 1 aromatic carbocycles. The van der Waals surface area contributed by atoms with Gasteiger partial charge in [-0.25, -0.2) is 4.68 Å². The van der Waals surface area contributed by atoms with Crippen LogP contribution in [0.3, 0.4) is 0 Å². The average molecular weight is 335 g/mol. The maximum Gasteiger partial charge on any atom is 0.227 e. The van der Waals surface area contributed by atoms with Gasteiger partial charge in [0.15, 0.2) is 0 Å². The van der Waals surface area contributed by atoms with E-state index in [0.717, 1.165) is 37.2 Å². The summed E-state index contributed by atoms with van der Waals surface area (Å²) < 4.78 is 1.82. The van der Waals surface area contributed by atoms with Crippen LogP contribution in [-0.2, 0) is 11.2 Å². The van der Waals surface area contributed by atoms with E-state index >= 15 is 0 Å². The maximum atomic E-state index is 12.4. The molecule has 1 N–H and O–H groups in total. The van der Waals surface area contributed by atoms with E-state index in [0.29, 0.717) is 12.5 Å². The fourth-order valence-corrected chi connectivity index (χ4v) is 2.88. The molecule has 3 rings (SSSR count). The van der Waals surface area contributed by atoms with Gasteiger partial charge in [0.2, 0.25) is 5.91 Å². The molecule has 1 aliphatic rings. The highest BCUT2D eigenvalue weighted by molar-refractivity contribution is 5.85. The largest absolute Gasteiger partial charge is 0.342 e. The van der Waals surface area contributed by atoms with Crippen LogP contribution >= 0.6 is 12.4 Å². The molecule has 2 aromatic rings. The molecule has 0 bridgehead atoms. The molecule has 0 radical (unpaired) electrons. The van der Waals surface area contributed by atoms with Crippen molar-refractivity contribution >= 4 is 18.3 Å². The van der Waals surface area contributed by atoms with Crippen molar-refractivity contribution in [1.82, 2.24) is 20.0 Å². The monoisotopic (exact) mass is 334 g/mol. The van der Waals surface area contributed by atoms with Crippen LogP contribution in [0.2, 0.25) is 0 Å². The van der Waals surface area contributed by atoms with Gasteiger partial charge < -0.3 is 10.2 Å². The second-order valence-corrected chi connectivity index (χ2v) is 5.75. The highest BCUT2D eigenvalue weighted by Crippen LogP contribution is 2.13. The molecule has 0 spiro atoms. The third kappa shape index (κ3) is 4.33. The maximum absolute atomic E-state index is 12.4. The lowest BCUT2D eigenvalue weighted by molar-refractivity contribution is -0.131. The minimum absolute atomic E-state index is 0. The van der Waals surface area contributed by atoms with Crippen LogP contribution in [0.15, 0.2) is 42.7 Å². The second-order valence-electron chi connectivity index (χ2n) is 5.75. The Bertz CT molecular complexity index is 621. The first-order valence-corrected chi connectivity index (χ1v) is 7.80. The molecule has 23 heavy (non-hydrogen) atoms. The minimum Gasteiger partial charge on any atom is -0.342 e. The summed E-state index contributed by atoms with van der Waals surface area (Å²) in [4.78, 5) is 14.3. The molecule has 0 saturated carbocycles. The summed E-state index contributed by atoms with van der Waals surface area (Å²) in [6, 6.07) is 10.5. The summed E-state index contributed by atoms with van der Waals surface area (Å²) in [7, 11) is 1.99. The van der Waals surface area contributed by atoms with Gasteiger partial charge >= 0.3 is 0 Å². The van der Waals surface area contributed by atoms with Crippen molar-refractivity contribution in [2.24, 2.45) is 0 Å². The molecular formula is C17H23ClN4O. The predicted molar refractivity (Wildman–Crippen MR) is 93.2 cm³/mol. The Hall–Kier alpha value is -1.85. The van der Waals surface area contributed by atoms with Crippen molar-refractivity contribution in [1.29, 1.82) is 0 Å². The van der Waals surface area contributed by atoms with Gasteiger partial charge in [-0.1, -0.05) is 18.2 Å². The zero-order valence-electron chi connectivity index (χ0n) is 13.3. The molecular weight excluding hydrogens is 312 g/mol. The Balaban J connectivity index is 0.00000192. The SMILES string of the molecule is CNC1CCN(C(=O)Cc2cnn(-c3ccccc3)c2)CC1.Cl. The first kappa shape index (κ1) is 17.5. The molecule has 0 unspecified atom stereocenters. The van der Waals surface area contributed by atoms with E-state index < -0.39 is 0 Å². The average Bonchev–Trinajstić information content (AvgIpc) is 3.04. The quantitative estimate of drug-likeness (QED) is 0.931. The number of amides is 1. The summed E-state index contributed by atoms with van der Waals surface area (Å²) in [5.41, 5.74) is 1.97. The number of hydrogen-bond acceptors (Lipinski definition) is 3. The van der Waals surface area contributed by atoms with E-state index in [1.807, 2.05) is 53.2 Å². The number of aromatic nitrogens is 2.